The van der Waals surface area contributed by atoms with Gasteiger partial charge >= 0.3 is 0 Å². The van der Waals surface area contributed by atoms with Gasteiger partial charge in [0.15, 0.2) is 16.1 Å². The topological polar surface area (TPSA) is 75.0 Å². The molecular formula is C14H18IN7S2. The molecule has 3 aromatic heterocycles. The van der Waals surface area contributed by atoms with E-state index in [2.05, 4.69) is 24.8 Å². The van der Waals surface area contributed by atoms with Crippen molar-refractivity contribution in [3.8, 4) is 0 Å². The molecule has 0 atom stereocenters. The summed E-state index contributed by atoms with van der Waals surface area (Å²) in [6.45, 7) is 4.10. The average Bonchev–Trinajstić information content (AvgIpc) is 3.29. The summed E-state index contributed by atoms with van der Waals surface area (Å²) in [7, 11) is 0. The van der Waals surface area contributed by atoms with Crippen molar-refractivity contribution in [3.05, 3.63) is 35.0 Å². The van der Waals surface area contributed by atoms with E-state index >= 15 is 0 Å². The van der Waals surface area contributed by atoms with Gasteiger partial charge < -0.3 is 15.5 Å². The van der Waals surface area contributed by atoms with Gasteiger partial charge in [0, 0.05) is 55.5 Å². The van der Waals surface area contributed by atoms with Gasteiger partial charge in [0.05, 0.1) is 12.2 Å². The quantitative estimate of drug-likeness (QED) is 0.357. The lowest BCUT2D eigenvalue weighted by Crippen LogP contribution is -2.51. The molecule has 10 heteroatoms. The summed E-state index contributed by atoms with van der Waals surface area (Å²) < 4.78 is 2.01. The Balaban J connectivity index is 0.00000169. The average molecular weight is 475 g/mol. The number of anilines is 1. The van der Waals surface area contributed by atoms with E-state index < -0.39 is 0 Å². The van der Waals surface area contributed by atoms with Gasteiger partial charge in [0.1, 0.15) is 0 Å². The number of imidazole rings is 1. The first kappa shape index (κ1) is 17.4. The second-order valence-electron chi connectivity index (χ2n) is 5.29. The lowest BCUT2D eigenvalue weighted by Gasteiger charge is -2.35. The number of hydrogen-bond donors (Lipinski definition) is 1. The van der Waals surface area contributed by atoms with Crippen molar-refractivity contribution in [3.63, 3.8) is 0 Å². The normalized spacial score (nSPS) is 15.8. The summed E-state index contributed by atoms with van der Waals surface area (Å²) in [5.41, 5.74) is 7.09. The molecule has 24 heavy (non-hydrogen) atoms. The van der Waals surface area contributed by atoms with Gasteiger partial charge in [0.25, 0.3) is 0 Å². The van der Waals surface area contributed by atoms with E-state index in [-0.39, 0.29) is 24.0 Å². The number of nitrogens with zero attached hydrogens (tertiary/aromatic N) is 6. The predicted octanol–water partition coefficient (Wildman–Crippen LogP) is 2.11. The number of halogens is 1. The maximum atomic E-state index is 6.14. The Morgan fingerprint density at radius 1 is 1.21 bits per heavy atom. The smallest absolute Gasteiger partial charge is 0.193 e. The van der Waals surface area contributed by atoms with Crippen LogP contribution in [0.1, 0.15) is 5.69 Å². The molecule has 128 valence electrons. The highest BCUT2D eigenvalue weighted by atomic mass is 127. The van der Waals surface area contributed by atoms with E-state index in [0.717, 1.165) is 42.0 Å². The maximum Gasteiger partial charge on any atom is 0.193 e. The van der Waals surface area contributed by atoms with E-state index in [0.29, 0.717) is 12.5 Å². The fraction of sp³-hybridized carbons (Fsp3) is 0.357. The lowest BCUT2D eigenvalue weighted by molar-refractivity contribution is 0.380. The standard InChI is InChI=1S/C14H17N7S2.HI/c15-12(17-9-11-10-21-6-8-23-14(21)18-11)19-2-4-20(5-3-19)13-16-1-7-22-13;/h1,6-8,10H,2-5,9H2,(H2,15,17);1H. The van der Waals surface area contributed by atoms with Crippen LogP contribution in [-0.4, -0.2) is 51.4 Å². The minimum Gasteiger partial charge on any atom is -0.370 e. The lowest BCUT2D eigenvalue weighted by atomic mass is 10.3. The molecule has 0 saturated carbocycles. The monoisotopic (exact) mass is 475 g/mol. The third kappa shape index (κ3) is 3.64. The molecule has 0 radical (unpaired) electrons. The highest BCUT2D eigenvalue weighted by Gasteiger charge is 2.19. The Bertz CT molecular complexity index is 774. The molecule has 3 aromatic rings. The van der Waals surface area contributed by atoms with Crippen molar-refractivity contribution in [2.24, 2.45) is 10.7 Å². The first-order valence-electron chi connectivity index (χ1n) is 7.40. The van der Waals surface area contributed by atoms with Gasteiger partial charge in [-0.15, -0.1) is 46.7 Å². The number of aromatic nitrogens is 3. The fourth-order valence-electron chi connectivity index (χ4n) is 2.61. The molecule has 1 fully saturated rings. The summed E-state index contributed by atoms with van der Waals surface area (Å²) in [5, 5.41) is 5.11. The Labute approximate surface area is 164 Å². The molecule has 2 N–H and O–H groups in total. The molecule has 0 aliphatic carbocycles. The Hall–Kier alpha value is -1.40. The Morgan fingerprint density at radius 3 is 2.75 bits per heavy atom. The van der Waals surface area contributed by atoms with Crippen LogP contribution in [0.4, 0.5) is 5.13 Å². The summed E-state index contributed by atoms with van der Waals surface area (Å²) in [6, 6.07) is 0. The number of piperazine rings is 1. The number of hydrogen-bond acceptors (Lipinski definition) is 6. The van der Waals surface area contributed by atoms with Crippen LogP contribution in [0.3, 0.4) is 0 Å². The van der Waals surface area contributed by atoms with Gasteiger partial charge in [-0.3, -0.25) is 4.40 Å². The predicted molar refractivity (Wildman–Crippen MR) is 110 cm³/mol. The number of thiazole rings is 2. The Kier molecular flexibility index (Phi) is 5.56. The molecule has 4 rings (SSSR count). The summed E-state index contributed by atoms with van der Waals surface area (Å²) in [4.78, 5) is 18.8. The van der Waals surface area contributed by atoms with Gasteiger partial charge in [-0.1, -0.05) is 0 Å². The summed E-state index contributed by atoms with van der Waals surface area (Å²) >= 11 is 3.30. The van der Waals surface area contributed by atoms with E-state index in [1.807, 2.05) is 33.8 Å². The second-order valence-corrected chi connectivity index (χ2v) is 7.03. The molecule has 1 saturated heterocycles. The molecule has 0 unspecified atom stereocenters. The molecule has 7 nitrogen and oxygen atoms in total. The van der Waals surface area contributed by atoms with Crippen molar-refractivity contribution in [1.29, 1.82) is 0 Å². The van der Waals surface area contributed by atoms with Crippen LogP contribution in [0.15, 0.2) is 34.3 Å². The van der Waals surface area contributed by atoms with Crippen LogP contribution >= 0.6 is 46.7 Å². The molecule has 1 aliphatic rings. The van der Waals surface area contributed by atoms with Gasteiger partial charge in [0.2, 0.25) is 0 Å². The van der Waals surface area contributed by atoms with Crippen molar-refractivity contribution in [2.45, 2.75) is 6.54 Å². The zero-order valence-corrected chi connectivity index (χ0v) is 16.9. The van der Waals surface area contributed by atoms with Crippen molar-refractivity contribution in [1.82, 2.24) is 19.3 Å². The van der Waals surface area contributed by atoms with E-state index in [9.17, 15) is 0 Å². The number of nitrogens with two attached hydrogens (primary N) is 1. The third-order valence-electron chi connectivity index (χ3n) is 3.84. The van der Waals surface area contributed by atoms with Gasteiger partial charge in [-0.05, 0) is 0 Å². The molecule has 0 amide bonds. The third-order valence-corrected chi connectivity index (χ3v) is 5.44. The van der Waals surface area contributed by atoms with Crippen molar-refractivity contribution >= 4 is 62.7 Å². The fourth-order valence-corrected chi connectivity index (χ4v) is 4.03. The highest BCUT2D eigenvalue weighted by molar-refractivity contribution is 14.0. The van der Waals surface area contributed by atoms with Crippen LogP contribution in [0.5, 0.6) is 0 Å². The minimum atomic E-state index is 0. The zero-order chi connectivity index (χ0) is 15.6. The number of fused-ring (bicyclic) bond motifs is 1. The molecule has 0 spiro atoms. The minimum absolute atomic E-state index is 0. The number of guanidine groups is 1. The zero-order valence-electron chi connectivity index (χ0n) is 12.9. The van der Waals surface area contributed by atoms with E-state index in [1.165, 1.54) is 0 Å². The first-order chi connectivity index (χ1) is 11.3. The highest BCUT2D eigenvalue weighted by Crippen LogP contribution is 2.18. The number of rotatable bonds is 3. The van der Waals surface area contributed by atoms with E-state index in [4.69, 9.17) is 5.73 Å². The van der Waals surface area contributed by atoms with Crippen molar-refractivity contribution < 1.29 is 0 Å². The van der Waals surface area contributed by atoms with Crippen LogP contribution < -0.4 is 10.6 Å². The van der Waals surface area contributed by atoms with Crippen LogP contribution in [0.2, 0.25) is 0 Å². The first-order valence-corrected chi connectivity index (χ1v) is 9.16. The van der Waals surface area contributed by atoms with Gasteiger partial charge in [-0.2, -0.15) is 0 Å². The van der Waals surface area contributed by atoms with Crippen molar-refractivity contribution in [2.75, 3.05) is 31.1 Å². The summed E-state index contributed by atoms with van der Waals surface area (Å²) in [6.07, 6.45) is 5.85. The molecule has 0 bridgehead atoms. The van der Waals surface area contributed by atoms with E-state index in [1.54, 1.807) is 22.7 Å². The van der Waals surface area contributed by atoms with Gasteiger partial charge in [-0.25, -0.2) is 15.0 Å². The Morgan fingerprint density at radius 2 is 2.04 bits per heavy atom. The van der Waals surface area contributed by atoms with Crippen LogP contribution in [-0.2, 0) is 6.54 Å². The molecule has 0 aromatic carbocycles. The van der Waals surface area contributed by atoms with Crippen LogP contribution in [0, 0.1) is 0 Å². The largest absolute Gasteiger partial charge is 0.370 e. The SMILES string of the molecule is I.NC(=NCc1cn2ccsc2n1)N1CCN(c2nccs2)CC1. The number of aliphatic imine (C=N–C) groups is 1. The molecular weight excluding hydrogens is 457 g/mol. The summed E-state index contributed by atoms with van der Waals surface area (Å²) in [5.74, 6) is 0.597. The van der Waals surface area contributed by atoms with Crippen LogP contribution in [0.25, 0.3) is 4.96 Å². The maximum absolute atomic E-state index is 6.14. The molecule has 4 heterocycles. The molecule has 1 aliphatic heterocycles. The second kappa shape index (κ2) is 7.66.